The predicted molar refractivity (Wildman–Crippen MR) is 152 cm³/mol. The lowest BCUT2D eigenvalue weighted by atomic mass is 9.74. The van der Waals surface area contributed by atoms with Gasteiger partial charge in [-0.2, -0.15) is 5.26 Å². The summed E-state index contributed by atoms with van der Waals surface area (Å²) in [5, 5.41) is 12.0. The maximum Gasteiger partial charge on any atom is 0.237 e. The van der Waals surface area contributed by atoms with E-state index in [-0.39, 0.29) is 11.8 Å². The van der Waals surface area contributed by atoms with Crippen LogP contribution in [0.3, 0.4) is 0 Å². The summed E-state index contributed by atoms with van der Waals surface area (Å²) in [5.74, 6) is 1.19. The van der Waals surface area contributed by atoms with Crippen LogP contribution in [0.2, 0.25) is 0 Å². The Balaban J connectivity index is 0.000000183. The minimum atomic E-state index is -0.456. The number of carbonyl (C=O) groups excluding carboxylic acids is 2. The number of unbranched alkanes of at least 4 members (excludes halogenated alkanes) is 1. The number of rotatable bonds is 10. The fraction of sp³-hybridized carbons (Fsp3) is 0.531. The molecule has 208 valence electrons. The van der Waals surface area contributed by atoms with E-state index in [0.29, 0.717) is 18.8 Å². The van der Waals surface area contributed by atoms with E-state index in [1.54, 1.807) is 6.07 Å². The van der Waals surface area contributed by atoms with Gasteiger partial charge in [0, 0.05) is 18.8 Å². The Labute approximate surface area is 232 Å². The summed E-state index contributed by atoms with van der Waals surface area (Å²) in [4.78, 5) is 26.9. The summed E-state index contributed by atoms with van der Waals surface area (Å²) in [7, 11) is 0. The van der Waals surface area contributed by atoms with Crippen molar-refractivity contribution in [1.82, 2.24) is 4.90 Å². The van der Waals surface area contributed by atoms with Gasteiger partial charge in [-0.1, -0.05) is 52.2 Å². The molecule has 0 atom stereocenters. The Morgan fingerprint density at radius 1 is 1.05 bits per heavy atom. The van der Waals surface area contributed by atoms with Crippen LogP contribution in [-0.2, 0) is 25.2 Å². The molecule has 7 heteroatoms. The molecule has 0 radical (unpaired) electrons. The zero-order valence-corrected chi connectivity index (χ0v) is 23.6. The molecule has 0 spiro atoms. The third-order valence-corrected chi connectivity index (χ3v) is 8.12. The molecule has 2 saturated heterocycles. The van der Waals surface area contributed by atoms with E-state index in [0.717, 1.165) is 87.2 Å². The van der Waals surface area contributed by atoms with Crippen molar-refractivity contribution in [2.24, 2.45) is 0 Å². The molecule has 0 aliphatic carbocycles. The van der Waals surface area contributed by atoms with Gasteiger partial charge in [-0.05, 0) is 67.1 Å². The molecule has 3 aliphatic rings. The van der Waals surface area contributed by atoms with Gasteiger partial charge >= 0.3 is 0 Å². The summed E-state index contributed by atoms with van der Waals surface area (Å²) < 4.78 is 11.0. The van der Waals surface area contributed by atoms with Crippen molar-refractivity contribution in [3.63, 3.8) is 0 Å². The van der Waals surface area contributed by atoms with E-state index in [2.05, 4.69) is 32.2 Å². The number of nitrogens with zero attached hydrogens (tertiary/aromatic N) is 2. The van der Waals surface area contributed by atoms with Crippen molar-refractivity contribution in [2.45, 2.75) is 76.5 Å². The quantitative estimate of drug-likeness (QED) is 0.396. The van der Waals surface area contributed by atoms with Crippen molar-refractivity contribution < 1.29 is 19.1 Å². The average molecular weight is 532 g/mol. The van der Waals surface area contributed by atoms with Crippen molar-refractivity contribution in [1.29, 1.82) is 5.26 Å². The van der Waals surface area contributed by atoms with E-state index < -0.39 is 10.8 Å². The van der Waals surface area contributed by atoms with Crippen LogP contribution >= 0.6 is 0 Å². The van der Waals surface area contributed by atoms with E-state index in [1.807, 2.05) is 41.3 Å². The molecule has 7 nitrogen and oxygen atoms in total. The molecule has 2 aromatic carbocycles. The Morgan fingerprint density at radius 2 is 1.74 bits per heavy atom. The summed E-state index contributed by atoms with van der Waals surface area (Å²) in [6.45, 7) is 9.85. The number of hydrogen-bond acceptors (Lipinski definition) is 5. The fourth-order valence-electron chi connectivity index (χ4n) is 5.70. The second kappa shape index (κ2) is 12.7. The first-order valence-electron chi connectivity index (χ1n) is 14.4. The average Bonchev–Trinajstić information content (AvgIpc) is 3.14. The van der Waals surface area contributed by atoms with E-state index in [4.69, 9.17) is 14.7 Å². The standard InChI is InChI=1S/C17H23NO3.C15H18N2O/c1-2-3-11-21-15-7-5-14(6-8-15)17(12-20-13-17)16(19)18-9-4-10-18;1-3-7-15(8-4-2)12-9-11(10-16)5-6-13(12)17-14(15)18/h5-8H,2-4,9-13H2,1H3;5-6,9H,3-4,7-8H2,1-2H3,(H,17,18). The second-order valence-electron chi connectivity index (χ2n) is 10.9. The lowest BCUT2D eigenvalue weighted by molar-refractivity contribution is -0.159. The Hall–Kier alpha value is -3.37. The van der Waals surface area contributed by atoms with Crippen LogP contribution in [-0.4, -0.2) is 49.6 Å². The molecule has 2 aromatic rings. The molecule has 1 N–H and O–H groups in total. The van der Waals surface area contributed by atoms with Crippen LogP contribution < -0.4 is 10.1 Å². The van der Waals surface area contributed by atoms with Crippen LogP contribution in [0.25, 0.3) is 0 Å². The molecule has 3 heterocycles. The first kappa shape index (κ1) is 28.6. The maximum atomic E-state index is 12.6. The highest BCUT2D eigenvalue weighted by molar-refractivity contribution is 6.06. The highest BCUT2D eigenvalue weighted by Gasteiger charge is 2.50. The molecule has 0 saturated carbocycles. The Bertz CT molecular complexity index is 1190. The van der Waals surface area contributed by atoms with E-state index in [1.165, 1.54) is 0 Å². The molecule has 0 unspecified atom stereocenters. The Morgan fingerprint density at radius 3 is 2.26 bits per heavy atom. The van der Waals surface area contributed by atoms with Crippen molar-refractivity contribution in [2.75, 3.05) is 38.2 Å². The van der Waals surface area contributed by atoms with Gasteiger partial charge in [0.15, 0.2) is 0 Å². The van der Waals surface area contributed by atoms with Gasteiger partial charge in [-0.3, -0.25) is 9.59 Å². The molecule has 0 aromatic heterocycles. The number of fused-ring (bicyclic) bond motifs is 1. The highest BCUT2D eigenvalue weighted by atomic mass is 16.5. The summed E-state index contributed by atoms with van der Waals surface area (Å²) in [5.41, 5.74) is 2.68. The molecular formula is C32H41N3O4. The van der Waals surface area contributed by atoms with Crippen molar-refractivity contribution >= 4 is 17.5 Å². The first-order valence-corrected chi connectivity index (χ1v) is 14.4. The topological polar surface area (TPSA) is 91.7 Å². The lowest BCUT2D eigenvalue weighted by Gasteiger charge is -2.46. The Kier molecular flexibility index (Phi) is 9.29. The van der Waals surface area contributed by atoms with Crippen molar-refractivity contribution in [3.8, 4) is 11.8 Å². The number of nitriles is 1. The molecule has 0 bridgehead atoms. The van der Waals surface area contributed by atoms with Gasteiger partial charge in [0.25, 0.3) is 0 Å². The molecule has 39 heavy (non-hydrogen) atoms. The molecule has 5 rings (SSSR count). The summed E-state index contributed by atoms with van der Waals surface area (Å²) >= 11 is 0. The predicted octanol–water partition coefficient (Wildman–Crippen LogP) is 5.71. The van der Waals surface area contributed by atoms with Crippen LogP contribution in [0.4, 0.5) is 5.69 Å². The number of anilines is 1. The van der Waals surface area contributed by atoms with Gasteiger partial charge in [-0.15, -0.1) is 0 Å². The number of carbonyl (C=O) groups is 2. The van der Waals surface area contributed by atoms with Gasteiger partial charge < -0.3 is 19.7 Å². The van der Waals surface area contributed by atoms with Gasteiger partial charge in [0.05, 0.1) is 36.9 Å². The summed E-state index contributed by atoms with van der Waals surface area (Å²) in [6.07, 6.45) is 6.92. The summed E-state index contributed by atoms with van der Waals surface area (Å²) in [6, 6.07) is 15.6. The van der Waals surface area contributed by atoms with Gasteiger partial charge in [-0.25, -0.2) is 0 Å². The molecular weight excluding hydrogens is 490 g/mol. The lowest BCUT2D eigenvalue weighted by Crippen LogP contribution is -2.61. The van der Waals surface area contributed by atoms with Crippen molar-refractivity contribution in [3.05, 3.63) is 59.2 Å². The largest absolute Gasteiger partial charge is 0.494 e. The minimum absolute atomic E-state index is 0.0938. The number of ether oxygens (including phenoxy) is 2. The first-order chi connectivity index (χ1) is 18.9. The normalized spacial score (nSPS) is 17.9. The second-order valence-corrected chi connectivity index (χ2v) is 10.9. The van der Waals surface area contributed by atoms with Gasteiger partial charge in [0.2, 0.25) is 11.8 Å². The number of benzene rings is 2. The molecule has 3 aliphatic heterocycles. The third-order valence-electron chi connectivity index (χ3n) is 8.12. The van der Waals surface area contributed by atoms with Crippen LogP contribution in [0.1, 0.15) is 82.4 Å². The number of likely N-dealkylation sites (tertiary alicyclic amines) is 1. The maximum absolute atomic E-state index is 12.6. The number of nitrogens with one attached hydrogen (secondary N) is 1. The molecule has 2 amide bonds. The smallest absolute Gasteiger partial charge is 0.237 e. The van der Waals surface area contributed by atoms with Crippen LogP contribution in [0, 0.1) is 11.3 Å². The van der Waals surface area contributed by atoms with Crippen LogP contribution in [0.15, 0.2) is 42.5 Å². The third kappa shape index (κ3) is 5.67. The number of amides is 2. The van der Waals surface area contributed by atoms with Gasteiger partial charge in [0.1, 0.15) is 11.2 Å². The SMILES string of the molecule is CCCC1(CCC)C(=O)Nc2ccc(C#N)cc21.CCCCOc1ccc(C2(C(=O)N3CCC3)COC2)cc1. The molecule has 2 fully saturated rings. The highest BCUT2D eigenvalue weighted by Crippen LogP contribution is 2.44. The monoisotopic (exact) mass is 531 g/mol. The van der Waals surface area contributed by atoms with E-state index >= 15 is 0 Å². The zero-order valence-electron chi connectivity index (χ0n) is 23.6. The minimum Gasteiger partial charge on any atom is -0.494 e. The fourth-order valence-corrected chi connectivity index (χ4v) is 5.70. The van der Waals surface area contributed by atoms with E-state index in [9.17, 15) is 9.59 Å². The zero-order chi connectivity index (χ0) is 27.9. The van der Waals surface area contributed by atoms with Crippen LogP contribution in [0.5, 0.6) is 5.75 Å². The number of hydrogen-bond donors (Lipinski definition) is 1.